The maximum atomic E-state index is 12.7. The van der Waals surface area contributed by atoms with Crippen LogP contribution in [0.5, 0.6) is 5.75 Å². The van der Waals surface area contributed by atoms with E-state index in [1.807, 2.05) is 12.1 Å². The summed E-state index contributed by atoms with van der Waals surface area (Å²) in [5.41, 5.74) is 2.25. The molecule has 31 heavy (non-hydrogen) atoms. The highest BCUT2D eigenvalue weighted by Gasteiger charge is 2.41. The van der Waals surface area contributed by atoms with E-state index in [1.54, 1.807) is 13.2 Å². The summed E-state index contributed by atoms with van der Waals surface area (Å²) < 4.78 is 12.0. The standard InChI is InChI=1S/C23H26N4O4/c1-30-20-12-21(29)27(25-22(20)26-9-8-23(14-26)6-2-3-7-23)13-17(28)10-16-4-5-19-18(11-16)24-15-31-19/h4-5,11-12,15H,2-3,6-10,13-14H2,1H3. The van der Waals surface area contributed by atoms with Gasteiger partial charge < -0.3 is 14.1 Å². The van der Waals surface area contributed by atoms with E-state index < -0.39 is 0 Å². The van der Waals surface area contributed by atoms with E-state index in [0.29, 0.717) is 28.1 Å². The number of nitrogens with zero attached hydrogens (tertiary/aromatic N) is 4. The molecule has 2 fully saturated rings. The van der Waals surface area contributed by atoms with Crippen LogP contribution in [0, 0.1) is 5.41 Å². The summed E-state index contributed by atoms with van der Waals surface area (Å²) in [4.78, 5) is 31.6. The van der Waals surface area contributed by atoms with Crippen molar-refractivity contribution in [3.8, 4) is 5.75 Å². The quantitative estimate of drug-likeness (QED) is 0.603. The molecule has 0 bridgehead atoms. The Kier molecular flexibility index (Phi) is 5.00. The Morgan fingerprint density at radius 3 is 2.87 bits per heavy atom. The number of oxazole rings is 1. The number of carbonyl (C=O) groups excluding carboxylic acids is 1. The first-order valence-corrected chi connectivity index (χ1v) is 10.8. The maximum absolute atomic E-state index is 12.7. The lowest BCUT2D eigenvalue weighted by atomic mass is 9.86. The van der Waals surface area contributed by atoms with Gasteiger partial charge in [0.2, 0.25) is 0 Å². The Hall–Kier alpha value is -3.16. The van der Waals surface area contributed by atoms with Gasteiger partial charge in [0.05, 0.1) is 13.2 Å². The molecule has 8 nitrogen and oxygen atoms in total. The van der Waals surface area contributed by atoms with Crippen molar-refractivity contribution in [2.24, 2.45) is 5.41 Å². The lowest BCUT2D eigenvalue weighted by molar-refractivity contribution is -0.119. The van der Waals surface area contributed by atoms with Crippen LogP contribution in [0.3, 0.4) is 0 Å². The molecule has 2 aromatic heterocycles. The number of Topliss-reactive ketones (excluding diaryl/α,β-unsaturated/α-hetero) is 1. The fourth-order valence-corrected chi connectivity index (χ4v) is 5.06. The maximum Gasteiger partial charge on any atom is 0.271 e. The number of anilines is 1. The van der Waals surface area contributed by atoms with Crippen LogP contribution in [0.15, 0.2) is 39.9 Å². The molecule has 1 saturated carbocycles. The summed E-state index contributed by atoms with van der Waals surface area (Å²) >= 11 is 0. The minimum absolute atomic E-state index is 0.0777. The van der Waals surface area contributed by atoms with Gasteiger partial charge in [0.25, 0.3) is 5.56 Å². The SMILES string of the molecule is COc1cc(=O)n(CC(=O)Cc2ccc3ocnc3c2)nc1N1CCC2(CCCC2)C1. The molecule has 8 heteroatoms. The fourth-order valence-electron chi connectivity index (χ4n) is 5.06. The van der Waals surface area contributed by atoms with Crippen LogP contribution in [-0.4, -0.2) is 40.7 Å². The number of hydrogen-bond acceptors (Lipinski definition) is 7. The first-order chi connectivity index (χ1) is 15.0. The zero-order chi connectivity index (χ0) is 21.4. The van der Waals surface area contributed by atoms with Gasteiger partial charge in [0, 0.05) is 19.5 Å². The third-order valence-electron chi connectivity index (χ3n) is 6.69. The van der Waals surface area contributed by atoms with Crippen molar-refractivity contribution in [3.63, 3.8) is 0 Å². The number of ether oxygens (including phenoxy) is 1. The molecule has 2 aliphatic rings. The first-order valence-electron chi connectivity index (χ1n) is 10.8. The number of ketones is 1. The third kappa shape index (κ3) is 3.82. The predicted molar refractivity (Wildman–Crippen MR) is 116 cm³/mol. The normalized spacial score (nSPS) is 17.6. The van der Waals surface area contributed by atoms with Gasteiger partial charge in [-0.2, -0.15) is 0 Å². The van der Waals surface area contributed by atoms with Crippen molar-refractivity contribution in [2.45, 2.75) is 45.1 Å². The summed E-state index contributed by atoms with van der Waals surface area (Å²) in [6.45, 7) is 1.75. The number of methoxy groups -OCH3 is 1. The van der Waals surface area contributed by atoms with Crippen LogP contribution in [0.4, 0.5) is 5.82 Å². The summed E-state index contributed by atoms with van der Waals surface area (Å²) in [7, 11) is 1.55. The monoisotopic (exact) mass is 422 g/mol. The molecule has 3 aromatic rings. The molecule has 1 spiro atoms. The van der Waals surface area contributed by atoms with Gasteiger partial charge in [0.1, 0.15) is 12.1 Å². The second-order valence-corrected chi connectivity index (χ2v) is 8.78. The van der Waals surface area contributed by atoms with Gasteiger partial charge >= 0.3 is 0 Å². The molecule has 0 N–H and O–H groups in total. The van der Waals surface area contributed by atoms with Crippen LogP contribution in [0.2, 0.25) is 0 Å². The van der Waals surface area contributed by atoms with Gasteiger partial charge in [-0.25, -0.2) is 9.67 Å². The lowest BCUT2D eigenvalue weighted by Crippen LogP contribution is -2.32. The number of benzene rings is 1. The number of rotatable bonds is 6. The van der Waals surface area contributed by atoms with E-state index >= 15 is 0 Å². The smallest absolute Gasteiger partial charge is 0.271 e. The zero-order valence-electron chi connectivity index (χ0n) is 17.7. The molecule has 1 aromatic carbocycles. The van der Waals surface area contributed by atoms with Crippen LogP contribution >= 0.6 is 0 Å². The Morgan fingerprint density at radius 1 is 1.23 bits per heavy atom. The highest BCUT2D eigenvalue weighted by atomic mass is 16.5. The van der Waals surface area contributed by atoms with E-state index in [9.17, 15) is 9.59 Å². The van der Waals surface area contributed by atoms with Gasteiger partial charge in [-0.1, -0.05) is 18.9 Å². The van der Waals surface area contributed by atoms with E-state index in [2.05, 4.69) is 15.0 Å². The Morgan fingerprint density at radius 2 is 2.06 bits per heavy atom. The summed E-state index contributed by atoms with van der Waals surface area (Å²) in [5, 5.41) is 4.56. The highest BCUT2D eigenvalue weighted by Crippen LogP contribution is 2.46. The zero-order valence-corrected chi connectivity index (χ0v) is 17.7. The molecule has 162 valence electrons. The van der Waals surface area contributed by atoms with Crippen LogP contribution in [0.25, 0.3) is 11.1 Å². The van der Waals surface area contributed by atoms with Crippen molar-refractivity contribution in [3.05, 3.63) is 46.6 Å². The summed E-state index contributed by atoms with van der Waals surface area (Å²) in [6, 6.07) is 6.91. The van der Waals surface area contributed by atoms with Crippen LogP contribution in [0.1, 0.15) is 37.7 Å². The van der Waals surface area contributed by atoms with Crippen molar-refractivity contribution < 1.29 is 13.9 Å². The van der Waals surface area contributed by atoms with E-state index in [1.165, 1.54) is 42.8 Å². The second-order valence-electron chi connectivity index (χ2n) is 8.78. The van der Waals surface area contributed by atoms with Crippen molar-refractivity contribution in [2.75, 3.05) is 25.1 Å². The van der Waals surface area contributed by atoms with Crippen molar-refractivity contribution >= 4 is 22.7 Å². The Balaban J connectivity index is 1.35. The topological polar surface area (TPSA) is 90.5 Å². The van der Waals surface area contributed by atoms with Crippen molar-refractivity contribution in [1.29, 1.82) is 0 Å². The van der Waals surface area contributed by atoms with Crippen LogP contribution in [-0.2, 0) is 17.8 Å². The van der Waals surface area contributed by atoms with Gasteiger partial charge in [-0.05, 0) is 42.4 Å². The van der Waals surface area contributed by atoms with E-state index in [-0.39, 0.29) is 24.3 Å². The molecular weight excluding hydrogens is 396 g/mol. The van der Waals surface area contributed by atoms with Crippen LogP contribution < -0.4 is 15.2 Å². The molecule has 1 aliphatic carbocycles. The average Bonchev–Trinajstić information content (AvgIpc) is 3.51. The minimum atomic E-state index is -0.337. The fraction of sp³-hybridized carbons (Fsp3) is 0.478. The molecule has 3 heterocycles. The number of aromatic nitrogens is 3. The molecule has 0 unspecified atom stereocenters. The largest absolute Gasteiger partial charge is 0.493 e. The molecule has 0 radical (unpaired) electrons. The number of carbonyl (C=O) groups is 1. The summed E-state index contributed by atoms with van der Waals surface area (Å²) in [6.07, 6.45) is 7.79. The van der Waals surface area contributed by atoms with Gasteiger partial charge in [-0.15, -0.1) is 5.10 Å². The van der Waals surface area contributed by atoms with E-state index in [4.69, 9.17) is 9.15 Å². The number of hydrogen-bond donors (Lipinski definition) is 0. The minimum Gasteiger partial charge on any atom is -0.493 e. The highest BCUT2D eigenvalue weighted by molar-refractivity contribution is 5.82. The lowest BCUT2D eigenvalue weighted by Gasteiger charge is -2.25. The Bertz CT molecular complexity index is 1180. The van der Waals surface area contributed by atoms with E-state index in [0.717, 1.165) is 25.1 Å². The third-order valence-corrected chi connectivity index (χ3v) is 6.69. The molecule has 0 atom stereocenters. The Labute approximate surface area is 179 Å². The first kappa shape index (κ1) is 19.8. The second kappa shape index (κ2) is 7.83. The average molecular weight is 422 g/mol. The molecule has 1 aliphatic heterocycles. The number of fused-ring (bicyclic) bond motifs is 1. The molecular formula is C23H26N4O4. The predicted octanol–water partition coefficient (Wildman–Crippen LogP) is 2.98. The molecule has 1 saturated heterocycles. The molecule has 5 rings (SSSR count). The van der Waals surface area contributed by atoms with Gasteiger partial charge in [0.15, 0.2) is 29.3 Å². The summed E-state index contributed by atoms with van der Waals surface area (Å²) in [5.74, 6) is 1.03. The molecule has 0 amide bonds. The van der Waals surface area contributed by atoms with Crippen molar-refractivity contribution in [1.82, 2.24) is 14.8 Å². The van der Waals surface area contributed by atoms with Gasteiger partial charge in [-0.3, -0.25) is 9.59 Å².